The van der Waals surface area contributed by atoms with E-state index in [1.54, 1.807) is 13.2 Å². The van der Waals surface area contributed by atoms with Crippen LogP contribution in [0.5, 0.6) is 5.88 Å². The summed E-state index contributed by atoms with van der Waals surface area (Å²) >= 11 is 7.05. The zero-order valence-corrected chi connectivity index (χ0v) is 8.84. The lowest BCUT2D eigenvalue weighted by molar-refractivity contribution is 0.403. The highest BCUT2D eigenvalue weighted by Crippen LogP contribution is 2.26. The van der Waals surface area contributed by atoms with Gasteiger partial charge in [-0.1, -0.05) is 11.6 Å². The molecule has 0 radical (unpaired) electrons. The third kappa shape index (κ3) is 1.83. The lowest BCUT2D eigenvalue weighted by Crippen LogP contribution is -1.82. The minimum absolute atomic E-state index is 0.419. The molecule has 0 amide bonds. The smallest absolute Gasteiger partial charge is 0.225 e. The fourth-order valence-corrected chi connectivity index (χ4v) is 1.77. The number of aromatic nitrogens is 3. The van der Waals surface area contributed by atoms with Crippen LogP contribution in [-0.2, 0) is 0 Å². The minimum Gasteiger partial charge on any atom is -0.480 e. The van der Waals surface area contributed by atoms with Crippen LogP contribution >= 0.6 is 23.1 Å². The summed E-state index contributed by atoms with van der Waals surface area (Å²) in [6.45, 7) is 0. The van der Waals surface area contributed by atoms with Gasteiger partial charge in [0.05, 0.1) is 17.7 Å². The van der Waals surface area contributed by atoms with Gasteiger partial charge < -0.3 is 4.74 Å². The van der Waals surface area contributed by atoms with E-state index in [9.17, 15) is 0 Å². The second-order valence-electron chi connectivity index (χ2n) is 2.46. The van der Waals surface area contributed by atoms with E-state index in [1.807, 2.05) is 6.07 Å². The first-order valence-corrected chi connectivity index (χ1v) is 4.93. The molecule has 6 heteroatoms. The third-order valence-corrected chi connectivity index (χ3v) is 2.59. The zero-order valence-electron chi connectivity index (χ0n) is 7.27. The van der Waals surface area contributed by atoms with Gasteiger partial charge in [-0.05, 0) is 11.5 Å². The molecule has 2 aromatic heterocycles. The summed E-state index contributed by atoms with van der Waals surface area (Å²) in [5, 5.41) is 0.419. The summed E-state index contributed by atoms with van der Waals surface area (Å²) in [4.78, 5) is 8.78. The molecule has 0 saturated carbocycles. The Morgan fingerprint density at radius 2 is 2.21 bits per heavy atom. The summed E-state index contributed by atoms with van der Waals surface area (Å²) < 4.78 is 9.03. The maximum absolute atomic E-state index is 5.74. The average molecular weight is 228 g/mol. The van der Waals surface area contributed by atoms with Gasteiger partial charge in [0.25, 0.3) is 0 Å². The molecule has 2 aromatic rings. The first-order chi connectivity index (χ1) is 6.79. The van der Waals surface area contributed by atoms with Gasteiger partial charge in [0.2, 0.25) is 5.88 Å². The van der Waals surface area contributed by atoms with Gasteiger partial charge in [-0.3, -0.25) is 0 Å². The van der Waals surface area contributed by atoms with Crippen molar-refractivity contribution in [3.63, 3.8) is 0 Å². The van der Waals surface area contributed by atoms with E-state index in [1.165, 1.54) is 17.9 Å². The topological polar surface area (TPSA) is 47.9 Å². The summed E-state index contributed by atoms with van der Waals surface area (Å²) in [5.74, 6) is 0.583. The van der Waals surface area contributed by atoms with Crippen LogP contribution in [0.3, 0.4) is 0 Å². The van der Waals surface area contributed by atoms with E-state index in [-0.39, 0.29) is 0 Å². The minimum atomic E-state index is 0.419. The van der Waals surface area contributed by atoms with Crippen molar-refractivity contribution >= 4 is 23.1 Å². The Kier molecular flexibility index (Phi) is 2.60. The quantitative estimate of drug-likeness (QED) is 0.739. The molecule has 14 heavy (non-hydrogen) atoms. The molecule has 0 unspecified atom stereocenters. The Labute approximate surface area is 89.7 Å². The fourth-order valence-electron chi connectivity index (χ4n) is 0.944. The first-order valence-electron chi connectivity index (χ1n) is 3.78. The van der Waals surface area contributed by atoms with Crippen molar-refractivity contribution < 1.29 is 4.74 Å². The molecule has 0 aliphatic carbocycles. The van der Waals surface area contributed by atoms with Crippen molar-refractivity contribution in [2.45, 2.75) is 0 Å². The molecule has 0 atom stereocenters. The Bertz CT molecular complexity index is 446. The second kappa shape index (κ2) is 3.89. The Morgan fingerprint density at radius 3 is 2.86 bits per heavy atom. The lowest BCUT2D eigenvalue weighted by atomic mass is 10.3. The van der Waals surface area contributed by atoms with Gasteiger partial charge in [0, 0.05) is 12.1 Å². The summed E-state index contributed by atoms with van der Waals surface area (Å²) in [5.41, 5.74) is 0.755. The fraction of sp³-hybridized carbons (Fsp3) is 0.125. The number of rotatable bonds is 2. The Balaban J connectivity index is 2.39. The third-order valence-electron chi connectivity index (χ3n) is 1.58. The Hall–Kier alpha value is -1.20. The van der Waals surface area contributed by atoms with Crippen LogP contribution in [0.1, 0.15) is 0 Å². The van der Waals surface area contributed by atoms with Crippen LogP contribution < -0.4 is 4.74 Å². The first kappa shape index (κ1) is 9.36. The SMILES string of the molecule is COc1cc(-c2cc(Cl)ncn2)sn1. The van der Waals surface area contributed by atoms with Crippen molar-refractivity contribution in [3.05, 3.63) is 23.6 Å². The number of methoxy groups -OCH3 is 1. The molecule has 0 fully saturated rings. The van der Waals surface area contributed by atoms with Crippen molar-refractivity contribution in [1.82, 2.24) is 14.3 Å². The van der Waals surface area contributed by atoms with E-state index < -0.39 is 0 Å². The largest absolute Gasteiger partial charge is 0.480 e. The molecule has 0 bridgehead atoms. The van der Waals surface area contributed by atoms with Gasteiger partial charge in [0.1, 0.15) is 11.5 Å². The van der Waals surface area contributed by atoms with E-state index in [2.05, 4.69) is 14.3 Å². The number of ether oxygens (including phenoxy) is 1. The average Bonchev–Trinajstić information content (AvgIpc) is 2.66. The van der Waals surface area contributed by atoms with Crippen LogP contribution in [-0.4, -0.2) is 21.5 Å². The molecule has 0 N–H and O–H groups in total. The molecule has 2 heterocycles. The molecule has 2 rings (SSSR count). The van der Waals surface area contributed by atoms with E-state index in [0.29, 0.717) is 11.0 Å². The second-order valence-corrected chi connectivity index (χ2v) is 3.65. The number of halogens is 1. The van der Waals surface area contributed by atoms with Crippen LogP contribution in [0, 0.1) is 0 Å². The summed E-state index contributed by atoms with van der Waals surface area (Å²) in [6.07, 6.45) is 1.42. The van der Waals surface area contributed by atoms with Crippen LogP contribution in [0.25, 0.3) is 10.6 Å². The maximum Gasteiger partial charge on any atom is 0.225 e. The van der Waals surface area contributed by atoms with E-state index in [0.717, 1.165) is 10.6 Å². The Morgan fingerprint density at radius 1 is 1.36 bits per heavy atom. The number of hydrogen-bond donors (Lipinski definition) is 0. The molecule has 0 aromatic carbocycles. The predicted molar refractivity (Wildman–Crippen MR) is 54.7 cm³/mol. The van der Waals surface area contributed by atoms with Gasteiger partial charge in [-0.25, -0.2) is 9.97 Å². The number of nitrogens with zero attached hydrogens (tertiary/aromatic N) is 3. The van der Waals surface area contributed by atoms with E-state index in [4.69, 9.17) is 16.3 Å². The van der Waals surface area contributed by atoms with Crippen molar-refractivity contribution in [3.8, 4) is 16.5 Å². The molecule has 0 spiro atoms. The van der Waals surface area contributed by atoms with Crippen LogP contribution in [0.15, 0.2) is 18.5 Å². The van der Waals surface area contributed by atoms with Gasteiger partial charge in [-0.15, -0.1) is 0 Å². The van der Waals surface area contributed by atoms with Crippen molar-refractivity contribution in [2.24, 2.45) is 0 Å². The highest BCUT2D eigenvalue weighted by Gasteiger charge is 2.06. The zero-order chi connectivity index (χ0) is 9.97. The van der Waals surface area contributed by atoms with Crippen LogP contribution in [0.2, 0.25) is 5.15 Å². The molecule has 4 nitrogen and oxygen atoms in total. The van der Waals surface area contributed by atoms with Crippen molar-refractivity contribution in [1.29, 1.82) is 0 Å². The van der Waals surface area contributed by atoms with Gasteiger partial charge in [-0.2, -0.15) is 4.37 Å². The molecular weight excluding hydrogens is 222 g/mol. The molecule has 0 saturated heterocycles. The highest BCUT2D eigenvalue weighted by molar-refractivity contribution is 7.09. The highest BCUT2D eigenvalue weighted by atomic mass is 35.5. The molecular formula is C8H6ClN3OS. The van der Waals surface area contributed by atoms with Gasteiger partial charge in [0.15, 0.2) is 0 Å². The monoisotopic (exact) mass is 227 g/mol. The normalized spacial score (nSPS) is 10.1. The lowest BCUT2D eigenvalue weighted by Gasteiger charge is -1.93. The maximum atomic E-state index is 5.74. The van der Waals surface area contributed by atoms with E-state index >= 15 is 0 Å². The predicted octanol–water partition coefficient (Wildman–Crippen LogP) is 2.26. The standard InChI is InChI=1S/C8H6ClN3OS/c1-13-8-3-6(14-12-8)5-2-7(9)11-4-10-5/h2-4H,1H3. The number of hydrogen-bond acceptors (Lipinski definition) is 5. The van der Waals surface area contributed by atoms with Crippen molar-refractivity contribution in [2.75, 3.05) is 7.11 Å². The summed E-state index contributed by atoms with van der Waals surface area (Å²) in [6, 6.07) is 3.50. The van der Waals surface area contributed by atoms with Gasteiger partial charge >= 0.3 is 0 Å². The molecule has 0 aliphatic rings. The summed E-state index contributed by atoms with van der Waals surface area (Å²) in [7, 11) is 1.58. The molecule has 0 aliphatic heterocycles. The van der Waals surface area contributed by atoms with Crippen LogP contribution in [0.4, 0.5) is 0 Å². The molecule has 72 valence electrons.